The molecule has 0 saturated carbocycles. The summed E-state index contributed by atoms with van der Waals surface area (Å²) in [6, 6.07) is 10.7. The van der Waals surface area contributed by atoms with E-state index in [2.05, 4.69) is 26.2 Å². The third kappa shape index (κ3) is 3.28. The third-order valence-electron chi connectivity index (χ3n) is 3.37. The second-order valence-electron chi connectivity index (χ2n) is 4.84. The van der Waals surface area contributed by atoms with Gasteiger partial charge in [-0.05, 0) is 35.9 Å². The van der Waals surface area contributed by atoms with Crippen LogP contribution in [0.15, 0.2) is 47.1 Å². The molecule has 2 N–H and O–H groups in total. The second kappa shape index (κ2) is 6.18. The van der Waals surface area contributed by atoms with Crippen molar-refractivity contribution in [2.24, 2.45) is 0 Å². The highest BCUT2D eigenvalue weighted by atomic mass is 79.9. The van der Waals surface area contributed by atoms with Crippen molar-refractivity contribution in [2.75, 3.05) is 0 Å². The van der Waals surface area contributed by atoms with Gasteiger partial charge in [0, 0.05) is 45.2 Å². The number of nitrogens with one attached hydrogen (secondary N) is 2. The first-order chi connectivity index (χ1) is 10.1. The Balaban J connectivity index is 1.71. The van der Waals surface area contributed by atoms with Crippen molar-refractivity contribution < 1.29 is 4.39 Å². The first-order valence-electron chi connectivity index (χ1n) is 6.53. The predicted octanol–water partition coefficient (Wildman–Crippen LogP) is 5.01. The third-order valence-corrected chi connectivity index (χ3v) is 4.10. The van der Waals surface area contributed by atoms with E-state index in [1.807, 2.05) is 24.4 Å². The van der Waals surface area contributed by atoms with Gasteiger partial charge in [0.2, 0.25) is 0 Å². The summed E-state index contributed by atoms with van der Waals surface area (Å²) >= 11 is 9.32. The van der Waals surface area contributed by atoms with Gasteiger partial charge in [0.1, 0.15) is 5.82 Å². The van der Waals surface area contributed by atoms with Crippen LogP contribution >= 0.6 is 27.5 Å². The molecule has 1 heterocycles. The molecule has 21 heavy (non-hydrogen) atoms. The van der Waals surface area contributed by atoms with Gasteiger partial charge >= 0.3 is 0 Å². The maximum absolute atomic E-state index is 13.7. The largest absolute Gasteiger partial charge is 0.361 e. The first kappa shape index (κ1) is 14.6. The van der Waals surface area contributed by atoms with E-state index in [-0.39, 0.29) is 5.82 Å². The van der Waals surface area contributed by atoms with Crippen LogP contribution in [0.25, 0.3) is 10.9 Å². The molecule has 0 aliphatic heterocycles. The molecule has 0 aliphatic rings. The average Bonchev–Trinajstić information content (AvgIpc) is 2.85. The molecule has 0 fully saturated rings. The number of rotatable bonds is 4. The van der Waals surface area contributed by atoms with Crippen LogP contribution in [-0.4, -0.2) is 4.98 Å². The highest BCUT2D eigenvalue weighted by Gasteiger charge is 2.06. The van der Waals surface area contributed by atoms with Crippen molar-refractivity contribution in [1.29, 1.82) is 0 Å². The van der Waals surface area contributed by atoms with Crippen molar-refractivity contribution >= 4 is 38.4 Å². The van der Waals surface area contributed by atoms with Crippen LogP contribution in [0.4, 0.5) is 4.39 Å². The smallest absolute Gasteiger partial charge is 0.127 e. The van der Waals surface area contributed by atoms with Gasteiger partial charge in [-0.2, -0.15) is 0 Å². The number of benzene rings is 2. The van der Waals surface area contributed by atoms with Gasteiger partial charge in [0.15, 0.2) is 0 Å². The first-order valence-corrected chi connectivity index (χ1v) is 7.71. The van der Waals surface area contributed by atoms with Crippen LogP contribution < -0.4 is 5.32 Å². The number of halogens is 3. The molecular formula is C16H13BrClFN2. The van der Waals surface area contributed by atoms with Gasteiger partial charge in [0.05, 0.1) is 0 Å². The summed E-state index contributed by atoms with van der Waals surface area (Å²) in [4.78, 5) is 3.19. The van der Waals surface area contributed by atoms with E-state index < -0.39 is 0 Å². The van der Waals surface area contributed by atoms with Crippen molar-refractivity contribution in [3.63, 3.8) is 0 Å². The van der Waals surface area contributed by atoms with E-state index in [9.17, 15) is 4.39 Å². The van der Waals surface area contributed by atoms with Crippen LogP contribution in [0.3, 0.4) is 0 Å². The summed E-state index contributed by atoms with van der Waals surface area (Å²) in [5.41, 5.74) is 2.79. The summed E-state index contributed by atoms with van der Waals surface area (Å²) in [7, 11) is 0. The minimum Gasteiger partial charge on any atom is -0.361 e. The number of fused-ring (bicyclic) bond motifs is 1. The Labute approximate surface area is 135 Å². The molecule has 0 amide bonds. The average molecular weight is 368 g/mol. The Kier molecular flexibility index (Phi) is 4.29. The standard InChI is InChI=1S/C16H13BrClFN2/c17-12-1-4-15(19)10(5-12)7-20-8-11-9-21-16-6-13(18)2-3-14(11)16/h1-6,9,20-21H,7-8H2. The van der Waals surface area contributed by atoms with Crippen LogP contribution in [0.1, 0.15) is 11.1 Å². The van der Waals surface area contributed by atoms with Crippen LogP contribution in [-0.2, 0) is 13.1 Å². The minimum atomic E-state index is -0.198. The zero-order chi connectivity index (χ0) is 14.8. The lowest BCUT2D eigenvalue weighted by molar-refractivity contribution is 0.588. The van der Waals surface area contributed by atoms with Gasteiger partial charge in [-0.15, -0.1) is 0 Å². The van der Waals surface area contributed by atoms with Gasteiger partial charge in [-0.1, -0.05) is 33.6 Å². The number of aromatic amines is 1. The number of aromatic nitrogens is 1. The molecule has 0 bridgehead atoms. The fourth-order valence-corrected chi connectivity index (χ4v) is 2.90. The Hall–Kier alpha value is -1.36. The van der Waals surface area contributed by atoms with Gasteiger partial charge in [-0.3, -0.25) is 0 Å². The molecular weight excluding hydrogens is 355 g/mol. The lowest BCUT2D eigenvalue weighted by Gasteiger charge is -2.06. The van der Waals surface area contributed by atoms with Crippen molar-refractivity contribution in [3.8, 4) is 0 Å². The molecule has 1 aromatic heterocycles. The fourth-order valence-electron chi connectivity index (χ4n) is 2.32. The topological polar surface area (TPSA) is 27.8 Å². The molecule has 3 aromatic rings. The van der Waals surface area contributed by atoms with E-state index in [1.54, 1.807) is 12.1 Å². The lowest BCUT2D eigenvalue weighted by Crippen LogP contribution is -2.13. The summed E-state index contributed by atoms with van der Waals surface area (Å²) in [5.74, 6) is -0.198. The van der Waals surface area contributed by atoms with Crippen LogP contribution in [0.5, 0.6) is 0 Å². The molecule has 5 heteroatoms. The number of hydrogen-bond donors (Lipinski definition) is 2. The molecule has 0 spiro atoms. The van der Waals surface area contributed by atoms with E-state index in [0.717, 1.165) is 20.9 Å². The van der Waals surface area contributed by atoms with Gasteiger partial charge in [-0.25, -0.2) is 4.39 Å². The van der Waals surface area contributed by atoms with Crippen LogP contribution in [0.2, 0.25) is 5.02 Å². The van der Waals surface area contributed by atoms with E-state index in [4.69, 9.17) is 11.6 Å². The Morgan fingerprint density at radius 3 is 2.76 bits per heavy atom. The quantitative estimate of drug-likeness (QED) is 0.666. The van der Waals surface area contributed by atoms with Crippen molar-refractivity contribution in [2.45, 2.75) is 13.1 Å². The molecule has 108 valence electrons. The summed E-state index contributed by atoms with van der Waals surface area (Å²) in [6.45, 7) is 1.14. The lowest BCUT2D eigenvalue weighted by atomic mass is 10.1. The number of H-pyrrole nitrogens is 1. The summed E-state index contributed by atoms with van der Waals surface area (Å²) < 4.78 is 14.5. The minimum absolute atomic E-state index is 0.198. The summed E-state index contributed by atoms with van der Waals surface area (Å²) in [6.07, 6.45) is 1.95. The van der Waals surface area contributed by atoms with Crippen LogP contribution in [0, 0.1) is 5.82 Å². The van der Waals surface area contributed by atoms with Crippen molar-refractivity contribution in [3.05, 3.63) is 69.0 Å². The van der Waals surface area contributed by atoms with E-state index >= 15 is 0 Å². The molecule has 2 aromatic carbocycles. The molecule has 0 aliphatic carbocycles. The summed E-state index contributed by atoms with van der Waals surface area (Å²) in [5, 5.41) is 5.10. The Morgan fingerprint density at radius 2 is 1.90 bits per heavy atom. The maximum atomic E-state index is 13.7. The monoisotopic (exact) mass is 366 g/mol. The normalized spacial score (nSPS) is 11.2. The second-order valence-corrected chi connectivity index (χ2v) is 6.20. The van der Waals surface area contributed by atoms with E-state index in [1.165, 1.54) is 6.07 Å². The zero-order valence-electron chi connectivity index (χ0n) is 11.1. The molecule has 0 saturated heterocycles. The molecule has 0 atom stereocenters. The highest BCUT2D eigenvalue weighted by molar-refractivity contribution is 9.10. The predicted molar refractivity (Wildman–Crippen MR) is 88.0 cm³/mol. The van der Waals surface area contributed by atoms with Gasteiger partial charge in [0.25, 0.3) is 0 Å². The molecule has 0 radical (unpaired) electrons. The van der Waals surface area contributed by atoms with Crippen molar-refractivity contribution in [1.82, 2.24) is 10.3 Å². The van der Waals surface area contributed by atoms with E-state index in [0.29, 0.717) is 23.7 Å². The Morgan fingerprint density at radius 1 is 1.10 bits per heavy atom. The fraction of sp³-hybridized carbons (Fsp3) is 0.125. The SMILES string of the molecule is Fc1ccc(Br)cc1CNCc1c[nH]c2cc(Cl)ccc12. The molecule has 0 unspecified atom stereocenters. The highest BCUT2D eigenvalue weighted by Crippen LogP contribution is 2.22. The Bertz CT molecular complexity index is 785. The number of hydrogen-bond acceptors (Lipinski definition) is 1. The zero-order valence-corrected chi connectivity index (χ0v) is 13.4. The molecule has 2 nitrogen and oxygen atoms in total. The maximum Gasteiger partial charge on any atom is 0.127 e. The molecule has 3 rings (SSSR count). The van der Waals surface area contributed by atoms with Gasteiger partial charge < -0.3 is 10.3 Å².